The van der Waals surface area contributed by atoms with Crippen LogP contribution in [0.2, 0.25) is 5.02 Å². The van der Waals surface area contributed by atoms with Gasteiger partial charge in [0.2, 0.25) is 0 Å². The standard InChI is InChI=1S/C13H15BrClNO/c1-2-13(5-6-13)8-16-12(17)9-3-4-11(15)10(14)7-9/h3-4,7H,2,5-6,8H2,1H3,(H,16,17). The summed E-state index contributed by atoms with van der Waals surface area (Å²) in [6.45, 7) is 2.96. The van der Waals surface area contributed by atoms with E-state index in [1.165, 1.54) is 12.8 Å². The molecule has 0 bridgehead atoms. The van der Waals surface area contributed by atoms with Gasteiger partial charge in [-0.2, -0.15) is 0 Å². The van der Waals surface area contributed by atoms with E-state index in [2.05, 4.69) is 28.2 Å². The highest BCUT2D eigenvalue weighted by atomic mass is 79.9. The molecule has 1 aromatic carbocycles. The molecule has 0 unspecified atom stereocenters. The Morgan fingerprint density at radius 2 is 2.24 bits per heavy atom. The van der Waals surface area contributed by atoms with Crippen molar-refractivity contribution in [2.45, 2.75) is 26.2 Å². The summed E-state index contributed by atoms with van der Waals surface area (Å²) in [6.07, 6.45) is 3.60. The summed E-state index contributed by atoms with van der Waals surface area (Å²) in [4.78, 5) is 11.9. The second-order valence-electron chi connectivity index (χ2n) is 4.67. The largest absolute Gasteiger partial charge is 0.351 e. The fourth-order valence-corrected chi connectivity index (χ4v) is 2.34. The van der Waals surface area contributed by atoms with Gasteiger partial charge in [-0.1, -0.05) is 18.5 Å². The van der Waals surface area contributed by atoms with Gasteiger partial charge in [-0.15, -0.1) is 0 Å². The Bertz CT molecular complexity index is 443. The molecule has 0 radical (unpaired) electrons. The van der Waals surface area contributed by atoms with Gasteiger partial charge in [-0.05, 0) is 58.8 Å². The first-order valence-corrected chi connectivity index (χ1v) is 6.97. The number of halogens is 2. The van der Waals surface area contributed by atoms with E-state index in [1.54, 1.807) is 18.2 Å². The average molecular weight is 317 g/mol. The second kappa shape index (κ2) is 4.99. The zero-order chi connectivity index (χ0) is 12.5. The summed E-state index contributed by atoms with van der Waals surface area (Å²) in [5.74, 6) is -0.0258. The van der Waals surface area contributed by atoms with Gasteiger partial charge in [0, 0.05) is 16.6 Å². The molecule has 1 saturated carbocycles. The van der Waals surface area contributed by atoms with E-state index in [-0.39, 0.29) is 5.91 Å². The zero-order valence-corrected chi connectivity index (χ0v) is 12.1. The molecule has 1 aromatic rings. The summed E-state index contributed by atoms with van der Waals surface area (Å²) in [5, 5.41) is 3.62. The summed E-state index contributed by atoms with van der Waals surface area (Å²) in [5.41, 5.74) is 1.02. The van der Waals surface area contributed by atoms with Gasteiger partial charge in [0.05, 0.1) is 5.02 Å². The molecule has 17 heavy (non-hydrogen) atoms. The monoisotopic (exact) mass is 315 g/mol. The molecule has 2 rings (SSSR count). The minimum Gasteiger partial charge on any atom is -0.351 e. The van der Waals surface area contributed by atoms with Crippen LogP contribution in [-0.2, 0) is 0 Å². The van der Waals surface area contributed by atoms with E-state index in [0.717, 1.165) is 17.4 Å². The van der Waals surface area contributed by atoms with Crippen LogP contribution in [0.5, 0.6) is 0 Å². The zero-order valence-electron chi connectivity index (χ0n) is 9.72. The number of amides is 1. The Morgan fingerprint density at radius 3 is 2.76 bits per heavy atom. The van der Waals surface area contributed by atoms with E-state index < -0.39 is 0 Å². The van der Waals surface area contributed by atoms with Crippen LogP contribution in [0.1, 0.15) is 36.5 Å². The molecule has 2 nitrogen and oxygen atoms in total. The molecule has 1 fully saturated rings. The highest BCUT2D eigenvalue weighted by Gasteiger charge is 2.40. The van der Waals surface area contributed by atoms with Crippen LogP contribution in [0.15, 0.2) is 22.7 Å². The Morgan fingerprint density at radius 1 is 1.53 bits per heavy atom. The lowest BCUT2D eigenvalue weighted by atomic mass is 10.0. The van der Waals surface area contributed by atoms with E-state index in [0.29, 0.717) is 16.0 Å². The smallest absolute Gasteiger partial charge is 0.251 e. The molecule has 0 aromatic heterocycles. The quantitative estimate of drug-likeness (QED) is 0.893. The van der Waals surface area contributed by atoms with Gasteiger partial charge in [-0.25, -0.2) is 0 Å². The average Bonchev–Trinajstić information content (AvgIpc) is 3.10. The number of benzene rings is 1. The van der Waals surface area contributed by atoms with Gasteiger partial charge < -0.3 is 5.32 Å². The maximum atomic E-state index is 11.9. The Kier molecular flexibility index (Phi) is 3.79. The van der Waals surface area contributed by atoms with Crippen LogP contribution in [0.4, 0.5) is 0 Å². The minimum absolute atomic E-state index is 0.0258. The van der Waals surface area contributed by atoms with Crippen LogP contribution < -0.4 is 5.32 Å². The molecule has 4 heteroatoms. The third kappa shape index (κ3) is 3.02. The summed E-state index contributed by atoms with van der Waals surface area (Å²) in [7, 11) is 0. The van der Waals surface area contributed by atoms with Crippen molar-refractivity contribution >= 4 is 33.4 Å². The van der Waals surface area contributed by atoms with Crippen molar-refractivity contribution in [2.24, 2.45) is 5.41 Å². The van der Waals surface area contributed by atoms with Crippen molar-refractivity contribution < 1.29 is 4.79 Å². The maximum absolute atomic E-state index is 11.9. The Balaban J connectivity index is 1.97. The number of carbonyl (C=O) groups is 1. The van der Waals surface area contributed by atoms with Gasteiger partial charge in [0.25, 0.3) is 5.91 Å². The first-order valence-electron chi connectivity index (χ1n) is 5.79. The van der Waals surface area contributed by atoms with Crippen molar-refractivity contribution in [3.8, 4) is 0 Å². The fraction of sp³-hybridized carbons (Fsp3) is 0.462. The molecular formula is C13H15BrClNO. The predicted octanol–water partition coefficient (Wildman–Crippen LogP) is 4.02. The maximum Gasteiger partial charge on any atom is 0.251 e. The molecule has 0 aliphatic heterocycles. The highest BCUT2D eigenvalue weighted by Crippen LogP contribution is 2.47. The molecule has 0 atom stereocenters. The molecular weight excluding hydrogens is 302 g/mol. The lowest BCUT2D eigenvalue weighted by molar-refractivity contribution is 0.0944. The van der Waals surface area contributed by atoms with Crippen molar-refractivity contribution in [1.82, 2.24) is 5.32 Å². The fourth-order valence-electron chi connectivity index (χ4n) is 1.84. The number of nitrogens with one attached hydrogen (secondary N) is 1. The lowest BCUT2D eigenvalue weighted by Gasteiger charge is -2.13. The topological polar surface area (TPSA) is 29.1 Å². The molecule has 1 aliphatic rings. The van der Waals surface area contributed by atoms with Crippen molar-refractivity contribution in [3.05, 3.63) is 33.3 Å². The van der Waals surface area contributed by atoms with Gasteiger partial charge in [-0.3, -0.25) is 4.79 Å². The highest BCUT2D eigenvalue weighted by molar-refractivity contribution is 9.10. The van der Waals surface area contributed by atoms with E-state index in [1.807, 2.05) is 0 Å². The third-order valence-electron chi connectivity index (χ3n) is 3.51. The van der Waals surface area contributed by atoms with Gasteiger partial charge >= 0.3 is 0 Å². The van der Waals surface area contributed by atoms with E-state index in [4.69, 9.17) is 11.6 Å². The molecule has 1 aliphatic carbocycles. The van der Waals surface area contributed by atoms with Crippen molar-refractivity contribution in [1.29, 1.82) is 0 Å². The van der Waals surface area contributed by atoms with Crippen LogP contribution in [-0.4, -0.2) is 12.5 Å². The summed E-state index contributed by atoms with van der Waals surface area (Å²) < 4.78 is 0.753. The minimum atomic E-state index is -0.0258. The number of hydrogen-bond donors (Lipinski definition) is 1. The molecule has 92 valence electrons. The van der Waals surface area contributed by atoms with E-state index >= 15 is 0 Å². The third-order valence-corrected chi connectivity index (χ3v) is 4.73. The first kappa shape index (κ1) is 12.9. The molecule has 0 heterocycles. The summed E-state index contributed by atoms with van der Waals surface area (Å²) in [6, 6.07) is 5.23. The molecule has 1 N–H and O–H groups in total. The molecule has 0 saturated heterocycles. The number of rotatable bonds is 4. The van der Waals surface area contributed by atoms with Gasteiger partial charge in [0.1, 0.15) is 0 Å². The van der Waals surface area contributed by atoms with Crippen LogP contribution in [0.3, 0.4) is 0 Å². The Hall–Kier alpha value is -0.540. The van der Waals surface area contributed by atoms with Crippen LogP contribution >= 0.6 is 27.5 Å². The molecule has 0 spiro atoms. The van der Waals surface area contributed by atoms with E-state index in [9.17, 15) is 4.79 Å². The SMILES string of the molecule is CCC1(CNC(=O)c2ccc(Cl)c(Br)c2)CC1. The lowest BCUT2D eigenvalue weighted by Crippen LogP contribution is -2.29. The van der Waals surface area contributed by atoms with Crippen molar-refractivity contribution in [3.63, 3.8) is 0 Å². The van der Waals surface area contributed by atoms with Crippen LogP contribution in [0, 0.1) is 5.41 Å². The normalized spacial score (nSPS) is 16.6. The van der Waals surface area contributed by atoms with Crippen LogP contribution in [0.25, 0.3) is 0 Å². The first-order chi connectivity index (χ1) is 8.06. The van der Waals surface area contributed by atoms with Gasteiger partial charge in [0.15, 0.2) is 0 Å². The molecule has 1 amide bonds. The Labute approximate surface area is 115 Å². The van der Waals surface area contributed by atoms with Crippen molar-refractivity contribution in [2.75, 3.05) is 6.54 Å². The number of hydrogen-bond acceptors (Lipinski definition) is 1. The summed E-state index contributed by atoms with van der Waals surface area (Å²) >= 11 is 9.21. The predicted molar refractivity (Wildman–Crippen MR) is 73.4 cm³/mol. The number of carbonyl (C=O) groups excluding carboxylic acids is 1. The second-order valence-corrected chi connectivity index (χ2v) is 5.93.